The molecule has 5 aromatic heterocycles. The zero-order valence-corrected chi connectivity index (χ0v) is 17.7. The van der Waals surface area contributed by atoms with Crippen molar-refractivity contribution < 1.29 is 0 Å². The number of H-pyrrole nitrogens is 2. The quantitative estimate of drug-likeness (QED) is 0.410. The van der Waals surface area contributed by atoms with Gasteiger partial charge in [-0.1, -0.05) is 12.6 Å². The van der Waals surface area contributed by atoms with E-state index in [4.69, 9.17) is 4.98 Å². The molecule has 2 N–H and O–H groups in total. The van der Waals surface area contributed by atoms with Crippen LogP contribution in [-0.2, 0) is 0 Å². The van der Waals surface area contributed by atoms with Gasteiger partial charge < -0.3 is 4.98 Å². The number of aromatic amines is 2. The van der Waals surface area contributed by atoms with Crippen LogP contribution in [0.5, 0.6) is 0 Å². The van der Waals surface area contributed by atoms with Gasteiger partial charge in [0.05, 0.1) is 23.1 Å². The molecule has 0 atom stereocenters. The van der Waals surface area contributed by atoms with E-state index < -0.39 is 0 Å². The fourth-order valence-corrected chi connectivity index (χ4v) is 3.60. The van der Waals surface area contributed by atoms with E-state index in [-0.39, 0.29) is 0 Å². The summed E-state index contributed by atoms with van der Waals surface area (Å²) in [5, 5.41) is 8.46. The van der Waals surface area contributed by atoms with Crippen molar-refractivity contribution in [3.05, 3.63) is 90.5 Å². The lowest BCUT2D eigenvalue weighted by molar-refractivity contribution is 1.10. The molecule has 8 nitrogen and oxygen atoms in total. The highest BCUT2D eigenvalue weighted by molar-refractivity contribution is 6.11. The van der Waals surface area contributed by atoms with Gasteiger partial charge in [-0.25, -0.2) is 4.98 Å². The minimum Gasteiger partial charge on any atom is -0.340 e. The van der Waals surface area contributed by atoms with Gasteiger partial charge in [0.15, 0.2) is 5.82 Å². The molecule has 0 aliphatic carbocycles. The molecule has 0 radical (unpaired) electrons. The first kappa shape index (κ1) is 19.5. The molecule has 5 rings (SSSR count). The van der Waals surface area contributed by atoms with Crippen LogP contribution in [-0.4, -0.2) is 40.8 Å². The fraction of sp³-hybridized carbons (Fsp3) is 0.0833. The molecule has 0 aromatic carbocycles. The van der Waals surface area contributed by atoms with Gasteiger partial charge in [-0.15, -0.1) is 0 Å². The van der Waals surface area contributed by atoms with Gasteiger partial charge in [0.1, 0.15) is 17.1 Å². The minimum atomic E-state index is 0.635. The lowest BCUT2D eigenvalue weighted by atomic mass is 10.1. The molecule has 8 heteroatoms. The van der Waals surface area contributed by atoms with Gasteiger partial charge in [0, 0.05) is 41.4 Å². The van der Waals surface area contributed by atoms with E-state index in [0.29, 0.717) is 22.9 Å². The van der Waals surface area contributed by atoms with E-state index >= 15 is 0 Å². The van der Waals surface area contributed by atoms with Gasteiger partial charge >= 0.3 is 0 Å². The normalized spacial score (nSPS) is 11.8. The Kier molecular flexibility index (Phi) is 4.87. The summed E-state index contributed by atoms with van der Waals surface area (Å²) in [7, 11) is 0. The number of nitrogens with zero attached hydrogens (tertiary/aromatic N) is 6. The average Bonchev–Trinajstić information content (AvgIpc) is 3.41. The monoisotopic (exact) mass is 420 g/mol. The fourth-order valence-electron chi connectivity index (χ4n) is 3.60. The maximum Gasteiger partial charge on any atom is 0.159 e. The zero-order valence-electron chi connectivity index (χ0n) is 17.7. The molecule has 0 saturated carbocycles. The van der Waals surface area contributed by atoms with Gasteiger partial charge in [-0.05, 0) is 43.7 Å². The van der Waals surface area contributed by atoms with Crippen molar-refractivity contribution in [2.75, 3.05) is 0 Å². The van der Waals surface area contributed by atoms with Gasteiger partial charge in [-0.3, -0.25) is 25.0 Å². The zero-order chi connectivity index (χ0) is 22.1. The molecule has 0 bridgehead atoms. The highest BCUT2D eigenvalue weighted by Crippen LogP contribution is 2.28. The van der Waals surface area contributed by atoms with Crippen molar-refractivity contribution in [3.8, 4) is 22.8 Å². The first-order valence-electron chi connectivity index (χ1n) is 10.1. The SMILES string of the molecule is C=CN=C(c1ccccn1)c1nc(-c2n[nH]c3cnc(-c4cncc(C)c4)cc23)[nH]c1C. The molecule has 0 aliphatic heterocycles. The first-order valence-corrected chi connectivity index (χ1v) is 10.1. The number of hydrogen-bond donors (Lipinski definition) is 2. The summed E-state index contributed by atoms with van der Waals surface area (Å²) in [5.74, 6) is 0.635. The van der Waals surface area contributed by atoms with Crippen molar-refractivity contribution in [1.29, 1.82) is 0 Å². The maximum absolute atomic E-state index is 4.82. The molecule has 5 heterocycles. The standard InChI is InChI=1S/C24H20N8/c1-4-26-23(18-7-5-6-8-27-18)21-15(3)29-24(30-21)22-17-10-19(28-13-20(17)31-32-22)16-9-14(2)11-25-12-16/h4-13H,1H2,2-3H3,(H,29,30)(H,31,32). The molecule has 0 spiro atoms. The van der Waals surface area contributed by atoms with Crippen molar-refractivity contribution in [2.45, 2.75) is 13.8 Å². The summed E-state index contributed by atoms with van der Waals surface area (Å²) in [5.41, 5.74) is 7.31. The van der Waals surface area contributed by atoms with Crippen LogP contribution in [0.3, 0.4) is 0 Å². The molecule has 0 amide bonds. The molecule has 156 valence electrons. The second-order valence-electron chi connectivity index (χ2n) is 7.37. The third kappa shape index (κ3) is 3.47. The van der Waals surface area contributed by atoms with E-state index in [2.05, 4.69) is 47.8 Å². The van der Waals surface area contributed by atoms with Gasteiger partial charge in [-0.2, -0.15) is 5.10 Å². The van der Waals surface area contributed by atoms with Crippen molar-refractivity contribution >= 4 is 16.6 Å². The number of imidazole rings is 1. The Morgan fingerprint density at radius 3 is 2.78 bits per heavy atom. The maximum atomic E-state index is 4.82. The van der Waals surface area contributed by atoms with Crippen molar-refractivity contribution in [2.24, 2.45) is 4.99 Å². The second-order valence-corrected chi connectivity index (χ2v) is 7.37. The predicted octanol–water partition coefficient (Wildman–Crippen LogP) is 4.40. The number of pyridine rings is 3. The minimum absolute atomic E-state index is 0.635. The number of aliphatic imine (C=N–C) groups is 1. The van der Waals surface area contributed by atoms with Crippen LogP contribution in [0, 0.1) is 13.8 Å². The van der Waals surface area contributed by atoms with Crippen LogP contribution in [0.1, 0.15) is 22.6 Å². The van der Waals surface area contributed by atoms with Gasteiger partial charge in [0.2, 0.25) is 0 Å². The number of aryl methyl sites for hydroxylation is 2. The number of rotatable bonds is 5. The number of aromatic nitrogens is 7. The van der Waals surface area contributed by atoms with Crippen molar-refractivity contribution in [3.63, 3.8) is 0 Å². The molecule has 0 unspecified atom stereocenters. The first-order chi connectivity index (χ1) is 15.6. The summed E-state index contributed by atoms with van der Waals surface area (Å²) in [6.07, 6.45) is 8.63. The molecular weight excluding hydrogens is 400 g/mol. The van der Waals surface area contributed by atoms with Crippen LogP contribution in [0.15, 0.2) is 72.9 Å². The Hall–Kier alpha value is -4.46. The summed E-state index contributed by atoms with van der Waals surface area (Å²) in [4.78, 5) is 25.9. The summed E-state index contributed by atoms with van der Waals surface area (Å²) in [6.45, 7) is 7.70. The largest absolute Gasteiger partial charge is 0.340 e. The lowest BCUT2D eigenvalue weighted by Gasteiger charge is -2.03. The van der Waals surface area contributed by atoms with E-state index in [9.17, 15) is 0 Å². The Bertz CT molecular complexity index is 1460. The second kappa shape index (κ2) is 7.99. The Labute approximate surface area is 184 Å². The van der Waals surface area contributed by atoms with Gasteiger partial charge in [0.25, 0.3) is 0 Å². The Morgan fingerprint density at radius 1 is 1.09 bits per heavy atom. The van der Waals surface area contributed by atoms with E-state index in [1.807, 2.05) is 44.3 Å². The molecular formula is C24H20N8. The molecule has 5 aromatic rings. The van der Waals surface area contributed by atoms with Crippen LogP contribution >= 0.6 is 0 Å². The Balaban J connectivity index is 1.61. The van der Waals surface area contributed by atoms with Crippen LogP contribution < -0.4 is 0 Å². The van der Waals surface area contributed by atoms with Crippen LogP contribution in [0.25, 0.3) is 33.7 Å². The van der Waals surface area contributed by atoms with E-state index in [1.54, 1.807) is 18.6 Å². The molecule has 0 aliphatic rings. The third-order valence-corrected chi connectivity index (χ3v) is 5.08. The molecule has 0 fully saturated rings. The van der Waals surface area contributed by atoms with Crippen LogP contribution in [0.4, 0.5) is 0 Å². The highest BCUT2D eigenvalue weighted by atomic mass is 15.1. The number of hydrogen-bond acceptors (Lipinski definition) is 6. The predicted molar refractivity (Wildman–Crippen MR) is 124 cm³/mol. The van der Waals surface area contributed by atoms with E-state index in [0.717, 1.165) is 39.1 Å². The number of nitrogens with one attached hydrogen (secondary N) is 2. The summed E-state index contributed by atoms with van der Waals surface area (Å²) in [6, 6.07) is 9.73. The molecule has 32 heavy (non-hydrogen) atoms. The van der Waals surface area contributed by atoms with E-state index in [1.165, 1.54) is 6.20 Å². The highest BCUT2D eigenvalue weighted by Gasteiger charge is 2.19. The summed E-state index contributed by atoms with van der Waals surface area (Å²) >= 11 is 0. The molecule has 0 saturated heterocycles. The Morgan fingerprint density at radius 2 is 2.00 bits per heavy atom. The smallest absolute Gasteiger partial charge is 0.159 e. The summed E-state index contributed by atoms with van der Waals surface area (Å²) < 4.78 is 0. The number of fused-ring (bicyclic) bond motifs is 1. The lowest BCUT2D eigenvalue weighted by Crippen LogP contribution is -2.07. The average molecular weight is 420 g/mol. The third-order valence-electron chi connectivity index (χ3n) is 5.08. The topological polar surface area (TPSA) is 108 Å². The van der Waals surface area contributed by atoms with Crippen molar-refractivity contribution in [1.82, 2.24) is 35.1 Å². The van der Waals surface area contributed by atoms with Crippen LogP contribution in [0.2, 0.25) is 0 Å².